The van der Waals surface area contributed by atoms with Crippen molar-refractivity contribution >= 4 is 5.91 Å². The summed E-state index contributed by atoms with van der Waals surface area (Å²) in [5.74, 6) is 2.11. The van der Waals surface area contributed by atoms with Gasteiger partial charge in [-0.15, -0.1) is 0 Å². The Hall–Kier alpha value is -0.570. The van der Waals surface area contributed by atoms with E-state index in [1.54, 1.807) is 0 Å². The lowest BCUT2D eigenvalue weighted by Gasteiger charge is -2.22. The average Bonchev–Trinajstić information content (AvgIpc) is 2.79. The maximum absolute atomic E-state index is 12.1. The zero-order valence-corrected chi connectivity index (χ0v) is 10.5. The Bertz CT molecular complexity index is 311. The third-order valence-corrected chi connectivity index (χ3v) is 5.31. The molecule has 3 unspecified atom stereocenters. The molecule has 0 aromatic rings. The number of nitrogens with one attached hydrogen (secondary N) is 1. The molecule has 0 spiro atoms. The lowest BCUT2D eigenvalue weighted by Crippen LogP contribution is -2.37. The fourth-order valence-corrected chi connectivity index (χ4v) is 3.90. The molecule has 3 atom stereocenters. The molecule has 0 aromatic heterocycles. The molecule has 0 aromatic carbocycles. The number of aliphatic hydroxyl groups excluding tert-OH is 1. The van der Waals surface area contributed by atoms with Gasteiger partial charge in [-0.05, 0) is 55.8 Å². The molecule has 3 nitrogen and oxygen atoms in total. The van der Waals surface area contributed by atoms with E-state index in [2.05, 4.69) is 5.32 Å². The van der Waals surface area contributed by atoms with Gasteiger partial charge in [0.15, 0.2) is 0 Å². The van der Waals surface area contributed by atoms with Gasteiger partial charge in [0.05, 0.1) is 0 Å². The predicted molar refractivity (Wildman–Crippen MR) is 65.3 cm³/mol. The van der Waals surface area contributed by atoms with Crippen LogP contribution in [-0.4, -0.2) is 24.2 Å². The van der Waals surface area contributed by atoms with Gasteiger partial charge in [0.2, 0.25) is 5.91 Å². The first-order chi connectivity index (χ1) is 8.22. The predicted octanol–water partition coefficient (Wildman–Crippen LogP) is 1.70. The summed E-state index contributed by atoms with van der Waals surface area (Å²) >= 11 is 0. The van der Waals surface area contributed by atoms with E-state index < -0.39 is 0 Å². The largest absolute Gasteiger partial charge is 0.396 e. The van der Waals surface area contributed by atoms with Crippen molar-refractivity contribution in [3.05, 3.63) is 0 Å². The van der Waals surface area contributed by atoms with E-state index in [0.717, 1.165) is 25.3 Å². The molecule has 3 saturated carbocycles. The van der Waals surface area contributed by atoms with Crippen molar-refractivity contribution < 1.29 is 9.90 Å². The van der Waals surface area contributed by atoms with Crippen LogP contribution < -0.4 is 5.32 Å². The molecule has 2 N–H and O–H groups in total. The first kappa shape index (κ1) is 11.5. The minimum atomic E-state index is 0.252. The van der Waals surface area contributed by atoms with E-state index in [1.165, 1.54) is 32.1 Å². The number of carbonyl (C=O) groups is 1. The second-order valence-corrected chi connectivity index (χ2v) is 6.47. The zero-order chi connectivity index (χ0) is 11.9. The lowest BCUT2D eigenvalue weighted by molar-refractivity contribution is -0.126. The van der Waals surface area contributed by atoms with Gasteiger partial charge >= 0.3 is 0 Å². The van der Waals surface area contributed by atoms with Crippen molar-refractivity contribution in [3.8, 4) is 0 Å². The van der Waals surface area contributed by atoms with Crippen LogP contribution in [-0.2, 0) is 4.79 Å². The maximum atomic E-state index is 12.1. The highest BCUT2D eigenvalue weighted by atomic mass is 16.3. The Morgan fingerprint density at radius 1 is 1.29 bits per heavy atom. The third kappa shape index (κ3) is 2.22. The third-order valence-electron chi connectivity index (χ3n) is 5.31. The number of carbonyl (C=O) groups excluding carboxylic acids is 1. The van der Waals surface area contributed by atoms with Crippen LogP contribution in [0.3, 0.4) is 0 Å². The Morgan fingerprint density at radius 2 is 2.12 bits per heavy atom. The van der Waals surface area contributed by atoms with Crippen LogP contribution in [0.5, 0.6) is 0 Å². The smallest absolute Gasteiger partial charge is 0.223 e. The number of amides is 1. The van der Waals surface area contributed by atoms with E-state index >= 15 is 0 Å². The van der Waals surface area contributed by atoms with Gasteiger partial charge in [-0.25, -0.2) is 0 Å². The molecule has 3 aliphatic carbocycles. The lowest BCUT2D eigenvalue weighted by atomic mass is 9.88. The van der Waals surface area contributed by atoms with Crippen molar-refractivity contribution in [3.63, 3.8) is 0 Å². The van der Waals surface area contributed by atoms with Crippen molar-refractivity contribution in [2.24, 2.45) is 23.2 Å². The molecule has 3 aliphatic rings. The minimum absolute atomic E-state index is 0.252. The summed E-state index contributed by atoms with van der Waals surface area (Å²) in [6, 6.07) is 0. The van der Waals surface area contributed by atoms with E-state index in [0.29, 0.717) is 17.7 Å². The van der Waals surface area contributed by atoms with Gasteiger partial charge in [0.1, 0.15) is 0 Å². The molecule has 3 fully saturated rings. The Morgan fingerprint density at radius 3 is 2.65 bits per heavy atom. The molecule has 2 bridgehead atoms. The van der Waals surface area contributed by atoms with Gasteiger partial charge in [-0.2, -0.15) is 0 Å². The monoisotopic (exact) mass is 237 g/mol. The van der Waals surface area contributed by atoms with Crippen LogP contribution in [0.1, 0.15) is 44.9 Å². The minimum Gasteiger partial charge on any atom is -0.396 e. The molecule has 0 radical (unpaired) electrons. The van der Waals surface area contributed by atoms with Crippen LogP contribution >= 0.6 is 0 Å². The maximum Gasteiger partial charge on any atom is 0.223 e. The van der Waals surface area contributed by atoms with Crippen molar-refractivity contribution in [2.75, 3.05) is 13.2 Å². The normalized spacial score (nSPS) is 37.1. The molecular formula is C14H23NO2. The van der Waals surface area contributed by atoms with Crippen molar-refractivity contribution in [1.29, 1.82) is 0 Å². The molecular weight excluding hydrogens is 214 g/mol. The molecule has 0 heterocycles. The summed E-state index contributed by atoms with van der Waals surface area (Å²) in [5, 5.41) is 12.1. The van der Waals surface area contributed by atoms with Gasteiger partial charge in [-0.3, -0.25) is 4.79 Å². The highest BCUT2D eigenvalue weighted by molar-refractivity contribution is 5.79. The first-order valence-corrected chi connectivity index (χ1v) is 7.11. The SMILES string of the molecule is O=C(NCC1(CCO)CC1)C1CC2CCC1C2. The standard InChI is InChI=1S/C14H23NO2/c16-6-5-14(3-4-14)9-15-13(17)12-8-10-1-2-11(12)7-10/h10-12,16H,1-9H2,(H,15,17). The summed E-state index contributed by atoms with van der Waals surface area (Å²) in [6.45, 7) is 1.05. The van der Waals surface area contributed by atoms with Crippen LogP contribution in [0.15, 0.2) is 0 Å². The Kier molecular flexibility index (Phi) is 2.89. The number of fused-ring (bicyclic) bond motifs is 2. The summed E-state index contributed by atoms with van der Waals surface area (Å²) in [6.07, 6.45) is 8.23. The fraction of sp³-hybridized carbons (Fsp3) is 0.929. The Balaban J connectivity index is 1.48. The number of hydrogen-bond donors (Lipinski definition) is 2. The highest BCUT2D eigenvalue weighted by Gasteiger charge is 2.45. The molecule has 3 rings (SSSR count). The Labute approximate surface area is 103 Å². The molecule has 3 heteroatoms. The fourth-order valence-electron chi connectivity index (χ4n) is 3.90. The highest BCUT2D eigenvalue weighted by Crippen LogP contribution is 2.50. The summed E-state index contributed by atoms with van der Waals surface area (Å²) in [5.41, 5.74) is 0.252. The number of hydrogen-bond acceptors (Lipinski definition) is 2. The van der Waals surface area contributed by atoms with E-state index in [9.17, 15) is 4.79 Å². The van der Waals surface area contributed by atoms with Crippen LogP contribution in [0.25, 0.3) is 0 Å². The van der Waals surface area contributed by atoms with Gasteiger partial charge in [0, 0.05) is 19.1 Å². The quantitative estimate of drug-likeness (QED) is 0.764. The second kappa shape index (κ2) is 4.27. The van der Waals surface area contributed by atoms with Crippen LogP contribution in [0, 0.1) is 23.2 Å². The van der Waals surface area contributed by atoms with E-state index in [4.69, 9.17) is 5.11 Å². The van der Waals surface area contributed by atoms with E-state index in [1.807, 2.05) is 0 Å². The van der Waals surface area contributed by atoms with Gasteiger partial charge in [0.25, 0.3) is 0 Å². The molecule has 17 heavy (non-hydrogen) atoms. The second-order valence-electron chi connectivity index (χ2n) is 6.47. The van der Waals surface area contributed by atoms with Crippen LogP contribution in [0.2, 0.25) is 0 Å². The molecule has 1 amide bonds. The number of aliphatic hydroxyl groups is 1. The van der Waals surface area contributed by atoms with Gasteiger partial charge < -0.3 is 10.4 Å². The van der Waals surface area contributed by atoms with Crippen molar-refractivity contribution in [2.45, 2.75) is 44.9 Å². The molecule has 96 valence electrons. The summed E-state index contributed by atoms with van der Waals surface area (Å²) < 4.78 is 0. The number of rotatable bonds is 5. The summed E-state index contributed by atoms with van der Waals surface area (Å²) in [4.78, 5) is 12.1. The molecule has 0 aliphatic heterocycles. The zero-order valence-electron chi connectivity index (χ0n) is 10.5. The van der Waals surface area contributed by atoms with Crippen molar-refractivity contribution in [1.82, 2.24) is 5.32 Å². The average molecular weight is 237 g/mol. The molecule has 0 saturated heterocycles. The van der Waals surface area contributed by atoms with Crippen LogP contribution in [0.4, 0.5) is 0 Å². The van der Waals surface area contributed by atoms with E-state index in [-0.39, 0.29) is 12.0 Å². The topological polar surface area (TPSA) is 49.3 Å². The first-order valence-electron chi connectivity index (χ1n) is 7.11. The summed E-state index contributed by atoms with van der Waals surface area (Å²) in [7, 11) is 0. The van der Waals surface area contributed by atoms with Gasteiger partial charge in [-0.1, -0.05) is 6.42 Å².